The monoisotopic (exact) mass is 450 g/mol. The molecule has 0 aliphatic rings. The highest BCUT2D eigenvalue weighted by atomic mass is 35.5. The number of aromatic hydroxyl groups is 1. The summed E-state index contributed by atoms with van der Waals surface area (Å²) >= 11 is 7.46. The number of nitrogens with one attached hydrogen (secondary N) is 2. The van der Waals surface area contributed by atoms with E-state index in [-0.39, 0.29) is 15.7 Å². The molecule has 2 aromatic carbocycles. The molecule has 0 atom stereocenters. The molecule has 0 aliphatic carbocycles. The zero-order chi connectivity index (χ0) is 21.0. The SMILES string of the molecule is CNS(=O)(=O)c1ccc(SC)c(Nc2cc(Cc3ccc(O)c(Cl)c3)ncn2)c1. The van der Waals surface area contributed by atoms with Crippen LogP contribution in [0.5, 0.6) is 5.75 Å². The number of hydrogen-bond acceptors (Lipinski definition) is 7. The highest BCUT2D eigenvalue weighted by Crippen LogP contribution is 2.30. The van der Waals surface area contributed by atoms with Gasteiger partial charge in [0, 0.05) is 17.4 Å². The highest BCUT2D eigenvalue weighted by Gasteiger charge is 2.14. The number of rotatable bonds is 7. The molecule has 152 valence electrons. The molecule has 0 spiro atoms. The number of phenolic OH excluding ortho intramolecular Hbond substituents is 1. The molecule has 10 heteroatoms. The Morgan fingerprint density at radius 1 is 1.14 bits per heavy atom. The van der Waals surface area contributed by atoms with E-state index in [0.29, 0.717) is 17.9 Å². The molecule has 3 aromatic rings. The lowest BCUT2D eigenvalue weighted by atomic mass is 10.1. The van der Waals surface area contributed by atoms with Crippen molar-refractivity contribution in [3.8, 4) is 5.75 Å². The third kappa shape index (κ3) is 5.18. The first-order valence-corrected chi connectivity index (χ1v) is 11.6. The highest BCUT2D eigenvalue weighted by molar-refractivity contribution is 7.98. The molecule has 0 unspecified atom stereocenters. The Bertz CT molecular complexity index is 1140. The molecule has 7 nitrogen and oxygen atoms in total. The van der Waals surface area contributed by atoms with Crippen LogP contribution in [0.25, 0.3) is 0 Å². The zero-order valence-electron chi connectivity index (χ0n) is 15.7. The van der Waals surface area contributed by atoms with Gasteiger partial charge in [0.05, 0.1) is 21.3 Å². The molecule has 0 bridgehead atoms. The van der Waals surface area contributed by atoms with Crippen molar-refractivity contribution in [2.24, 2.45) is 0 Å². The summed E-state index contributed by atoms with van der Waals surface area (Å²) in [5.74, 6) is 0.565. The van der Waals surface area contributed by atoms with Crippen LogP contribution in [0.2, 0.25) is 5.02 Å². The number of sulfonamides is 1. The fourth-order valence-corrected chi connectivity index (χ4v) is 4.13. The van der Waals surface area contributed by atoms with Gasteiger partial charge < -0.3 is 10.4 Å². The second kappa shape index (κ2) is 9.00. The Hall–Kier alpha value is -2.33. The van der Waals surface area contributed by atoms with Crippen LogP contribution >= 0.6 is 23.4 Å². The number of nitrogens with zero attached hydrogens (tertiary/aromatic N) is 2. The van der Waals surface area contributed by atoms with E-state index in [2.05, 4.69) is 20.0 Å². The van der Waals surface area contributed by atoms with Crippen molar-refractivity contribution >= 4 is 44.9 Å². The van der Waals surface area contributed by atoms with Crippen molar-refractivity contribution in [2.75, 3.05) is 18.6 Å². The number of aromatic nitrogens is 2. The fraction of sp³-hybridized carbons (Fsp3) is 0.158. The molecule has 0 saturated heterocycles. The summed E-state index contributed by atoms with van der Waals surface area (Å²) < 4.78 is 26.5. The van der Waals surface area contributed by atoms with E-state index in [1.807, 2.05) is 6.26 Å². The van der Waals surface area contributed by atoms with E-state index in [4.69, 9.17) is 11.6 Å². The van der Waals surface area contributed by atoms with E-state index < -0.39 is 10.0 Å². The Labute approximate surface area is 178 Å². The van der Waals surface area contributed by atoms with Gasteiger partial charge in [0.2, 0.25) is 10.0 Å². The van der Waals surface area contributed by atoms with Gasteiger partial charge in [0.25, 0.3) is 0 Å². The Morgan fingerprint density at radius 3 is 2.62 bits per heavy atom. The first-order chi connectivity index (χ1) is 13.8. The molecule has 0 fully saturated rings. The molecule has 29 heavy (non-hydrogen) atoms. The van der Waals surface area contributed by atoms with Gasteiger partial charge >= 0.3 is 0 Å². The molecule has 1 aromatic heterocycles. The lowest BCUT2D eigenvalue weighted by Crippen LogP contribution is -2.18. The van der Waals surface area contributed by atoms with Gasteiger partial charge in [-0.3, -0.25) is 0 Å². The van der Waals surface area contributed by atoms with Gasteiger partial charge in [-0.15, -0.1) is 11.8 Å². The smallest absolute Gasteiger partial charge is 0.240 e. The summed E-state index contributed by atoms with van der Waals surface area (Å²) in [7, 11) is -2.19. The van der Waals surface area contributed by atoms with Crippen molar-refractivity contribution in [3.63, 3.8) is 0 Å². The molecule has 3 N–H and O–H groups in total. The Balaban J connectivity index is 1.88. The standard InChI is InChI=1S/C19H19ClN4O3S2/c1-21-29(26,27)14-4-6-18(28-2)16(10-14)24-19-9-13(22-11-23-19)7-12-3-5-17(25)15(20)8-12/h3-6,8-11,21,25H,7H2,1-2H3,(H,22,23,24). The van der Waals surface area contributed by atoms with Crippen LogP contribution < -0.4 is 10.0 Å². The number of hydrogen-bond donors (Lipinski definition) is 3. The minimum atomic E-state index is -3.56. The van der Waals surface area contributed by atoms with Crippen molar-refractivity contribution in [3.05, 3.63) is 65.1 Å². The van der Waals surface area contributed by atoms with Crippen LogP contribution in [0.1, 0.15) is 11.3 Å². The van der Waals surface area contributed by atoms with Crippen LogP contribution in [0.4, 0.5) is 11.5 Å². The second-order valence-electron chi connectivity index (χ2n) is 6.05. The lowest BCUT2D eigenvalue weighted by Gasteiger charge is -2.13. The fourth-order valence-electron chi connectivity index (χ4n) is 2.64. The van der Waals surface area contributed by atoms with E-state index in [1.165, 1.54) is 31.2 Å². The minimum Gasteiger partial charge on any atom is -0.506 e. The van der Waals surface area contributed by atoms with Gasteiger partial charge in [-0.25, -0.2) is 23.1 Å². The van der Waals surface area contributed by atoms with Gasteiger partial charge in [0.15, 0.2) is 0 Å². The van der Waals surface area contributed by atoms with Crippen LogP contribution in [-0.4, -0.2) is 36.8 Å². The molecular weight excluding hydrogens is 432 g/mol. The predicted octanol–water partition coefficient (Wildman–Crippen LogP) is 3.80. The molecule has 1 heterocycles. The normalized spacial score (nSPS) is 11.4. The van der Waals surface area contributed by atoms with E-state index in [0.717, 1.165) is 16.2 Å². The van der Waals surface area contributed by atoms with Crippen molar-refractivity contribution in [1.29, 1.82) is 0 Å². The summed E-state index contributed by atoms with van der Waals surface area (Å²) in [6, 6.07) is 11.7. The third-order valence-corrected chi connectivity index (χ3v) is 6.64. The lowest BCUT2D eigenvalue weighted by molar-refractivity contribution is 0.475. The Kier molecular flexibility index (Phi) is 6.63. The number of anilines is 2. The van der Waals surface area contributed by atoms with Gasteiger partial charge in [-0.1, -0.05) is 17.7 Å². The summed E-state index contributed by atoms with van der Waals surface area (Å²) in [5.41, 5.74) is 2.27. The maximum atomic E-state index is 12.1. The molecule has 0 saturated carbocycles. The average molecular weight is 451 g/mol. The van der Waals surface area contributed by atoms with Crippen LogP contribution in [0.15, 0.2) is 58.6 Å². The van der Waals surface area contributed by atoms with Crippen molar-refractivity contribution < 1.29 is 13.5 Å². The number of halogens is 1. The number of phenols is 1. The van der Waals surface area contributed by atoms with E-state index in [1.54, 1.807) is 36.4 Å². The van der Waals surface area contributed by atoms with Gasteiger partial charge in [-0.05, 0) is 49.2 Å². The third-order valence-electron chi connectivity index (χ3n) is 4.13. The second-order valence-corrected chi connectivity index (χ2v) is 9.19. The molecule has 0 amide bonds. The molecule has 0 radical (unpaired) electrons. The maximum absolute atomic E-state index is 12.1. The molecule has 0 aliphatic heterocycles. The summed E-state index contributed by atoms with van der Waals surface area (Å²) in [5, 5.41) is 13.0. The molecule has 3 rings (SSSR count). The average Bonchev–Trinajstić information content (AvgIpc) is 2.71. The van der Waals surface area contributed by atoms with Gasteiger partial charge in [0.1, 0.15) is 17.9 Å². The van der Waals surface area contributed by atoms with Crippen molar-refractivity contribution in [2.45, 2.75) is 16.2 Å². The molecular formula is C19H19ClN4O3S2. The van der Waals surface area contributed by atoms with E-state index >= 15 is 0 Å². The summed E-state index contributed by atoms with van der Waals surface area (Å²) in [6.45, 7) is 0. The maximum Gasteiger partial charge on any atom is 0.240 e. The first kappa shape index (κ1) is 21.4. The van der Waals surface area contributed by atoms with Gasteiger partial charge in [-0.2, -0.15) is 0 Å². The van der Waals surface area contributed by atoms with Crippen LogP contribution in [0.3, 0.4) is 0 Å². The first-order valence-electron chi connectivity index (χ1n) is 8.49. The van der Waals surface area contributed by atoms with Crippen LogP contribution in [-0.2, 0) is 16.4 Å². The van der Waals surface area contributed by atoms with Crippen LogP contribution in [0, 0.1) is 0 Å². The summed E-state index contributed by atoms with van der Waals surface area (Å²) in [4.78, 5) is 9.55. The predicted molar refractivity (Wildman–Crippen MR) is 116 cm³/mol. The van der Waals surface area contributed by atoms with Crippen molar-refractivity contribution in [1.82, 2.24) is 14.7 Å². The summed E-state index contributed by atoms with van der Waals surface area (Å²) in [6.07, 6.45) is 3.85. The number of benzene rings is 2. The Morgan fingerprint density at radius 2 is 1.93 bits per heavy atom. The minimum absolute atomic E-state index is 0.0291. The topological polar surface area (TPSA) is 104 Å². The van der Waals surface area contributed by atoms with E-state index in [9.17, 15) is 13.5 Å². The quantitative estimate of drug-likeness (QED) is 0.470. The zero-order valence-corrected chi connectivity index (χ0v) is 18.1. The largest absolute Gasteiger partial charge is 0.506 e. The number of thioether (sulfide) groups is 1.